The van der Waals surface area contributed by atoms with Gasteiger partial charge in [-0.2, -0.15) is 13.2 Å². The minimum absolute atomic E-state index is 0.403. The molecule has 2 rings (SSSR count). The first-order valence-electron chi connectivity index (χ1n) is 5.92. The Morgan fingerprint density at radius 2 is 1.89 bits per heavy atom. The van der Waals surface area contributed by atoms with Crippen molar-refractivity contribution in [3.8, 4) is 0 Å². The summed E-state index contributed by atoms with van der Waals surface area (Å²) in [5.41, 5.74) is -0.316. The van der Waals surface area contributed by atoms with Gasteiger partial charge in [0.2, 0.25) is 0 Å². The standard InChI is InChI=1S/C13H16F3NO/c1-17-12(5-7-18-8-6-12)10-3-2-4-11(9-10)13(14,15)16/h2-4,9,17H,5-8H2,1H3. The molecule has 18 heavy (non-hydrogen) atoms. The van der Waals surface area contributed by atoms with Crippen LogP contribution in [-0.2, 0) is 16.5 Å². The molecule has 0 unspecified atom stereocenters. The van der Waals surface area contributed by atoms with Gasteiger partial charge in [-0.15, -0.1) is 0 Å². The normalized spacial score (nSPS) is 19.8. The topological polar surface area (TPSA) is 21.3 Å². The van der Waals surface area contributed by atoms with Gasteiger partial charge in [0.05, 0.1) is 5.56 Å². The number of hydrogen-bond acceptors (Lipinski definition) is 2. The molecule has 1 heterocycles. The molecule has 100 valence electrons. The molecule has 0 saturated carbocycles. The van der Waals surface area contributed by atoms with Crippen molar-refractivity contribution < 1.29 is 17.9 Å². The Morgan fingerprint density at radius 3 is 2.44 bits per heavy atom. The largest absolute Gasteiger partial charge is 0.416 e. The minimum Gasteiger partial charge on any atom is -0.381 e. The average Bonchev–Trinajstić information content (AvgIpc) is 2.39. The molecule has 1 fully saturated rings. The summed E-state index contributed by atoms with van der Waals surface area (Å²) >= 11 is 0. The van der Waals surface area contributed by atoms with Gasteiger partial charge in [-0.1, -0.05) is 12.1 Å². The summed E-state index contributed by atoms with van der Waals surface area (Å²) < 4.78 is 43.4. The fraction of sp³-hybridized carbons (Fsp3) is 0.538. The molecule has 1 aromatic rings. The molecule has 0 radical (unpaired) electrons. The zero-order chi connectivity index (χ0) is 13.2. The minimum atomic E-state index is -4.30. The average molecular weight is 259 g/mol. The lowest BCUT2D eigenvalue weighted by Gasteiger charge is -2.37. The summed E-state index contributed by atoms with van der Waals surface area (Å²) in [5, 5.41) is 3.17. The lowest BCUT2D eigenvalue weighted by molar-refractivity contribution is -0.137. The zero-order valence-electron chi connectivity index (χ0n) is 10.2. The van der Waals surface area contributed by atoms with Crippen LogP contribution in [0.4, 0.5) is 13.2 Å². The van der Waals surface area contributed by atoms with Crippen LogP contribution in [0.5, 0.6) is 0 Å². The number of rotatable bonds is 2. The highest BCUT2D eigenvalue weighted by molar-refractivity contribution is 5.31. The predicted octanol–water partition coefficient (Wildman–Crippen LogP) is 2.93. The molecular weight excluding hydrogens is 243 g/mol. The summed E-state index contributed by atoms with van der Waals surface area (Å²) in [6.07, 6.45) is -2.92. The number of alkyl halides is 3. The van der Waals surface area contributed by atoms with Gasteiger partial charge in [-0.05, 0) is 37.6 Å². The van der Waals surface area contributed by atoms with Crippen LogP contribution in [0.1, 0.15) is 24.0 Å². The van der Waals surface area contributed by atoms with Crippen molar-refractivity contribution in [3.05, 3.63) is 35.4 Å². The van der Waals surface area contributed by atoms with E-state index in [-0.39, 0.29) is 0 Å². The van der Waals surface area contributed by atoms with E-state index in [0.717, 1.165) is 6.07 Å². The Bertz CT molecular complexity index is 411. The van der Waals surface area contributed by atoms with Crippen LogP contribution in [0, 0.1) is 0 Å². The number of halogens is 3. The van der Waals surface area contributed by atoms with Crippen LogP contribution >= 0.6 is 0 Å². The highest BCUT2D eigenvalue weighted by atomic mass is 19.4. The first-order chi connectivity index (χ1) is 8.48. The second kappa shape index (κ2) is 4.90. The molecule has 1 aliphatic rings. The second-order valence-electron chi connectivity index (χ2n) is 4.52. The third kappa shape index (κ3) is 2.52. The van der Waals surface area contributed by atoms with Gasteiger partial charge in [-0.3, -0.25) is 0 Å². The second-order valence-corrected chi connectivity index (χ2v) is 4.52. The van der Waals surface area contributed by atoms with Crippen LogP contribution in [0.15, 0.2) is 24.3 Å². The molecule has 2 nitrogen and oxygen atoms in total. The summed E-state index contributed by atoms with van der Waals surface area (Å²) in [6.45, 7) is 1.13. The first-order valence-corrected chi connectivity index (χ1v) is 5.92. The third-order valence-electron chi connectivity index (χ3n) is 3.57. The highest BCUT2D eigenvalue weighted by Crippen LogP contribution is 2.36. The van der Waals surface area contributed by atoms with Gasteiger partial charge < -0.3 is 10.1 Å². The lowest BCUT2D eigenvalue weighted by atomic mass is 9.82. The quantitative estimate of drug-likeness (QED) is 0.881. The monoisotopic (exact) mass is 259 g/mol. The van der Waals surface area contributed by atoms with Gasteiger partial charge >= 0.3 is 6.18 Å². The molecule has 0 bridgehead atoms. The van der Waals surface area contributed by atoms with Crippen molar-refractivity contribution in [2.75, 3.05) is 20.3 Å². The fourth-order valence-corrected chi connectivity index (χ4v) is 2.40. The Kier molecular flexibility index (Phi) is 3.64. The molecule has 0 aliphatic carbocycles. The van der Waals surface area contributed by atoms with Crippen molar-refractivity contribution in [3.63, 3.8) is 0 Å². The SMILES string of the molecule is CNC1(c2cccc(C(F)(F)F)c2)CCOCC1. The van der Waals surface area contributed by atoms with E-state index in [1.165, 1.54) is 12.1 Å². The Labute approximate surface area is 104 Å². The molecule has 0 atom stereocenters. The Balaban J connectivity index is 2.37. The van der Waals surface area contributed by atoms with Crippen LogP contribution in [0.2, 0.25) is 0 Å². The molecule has 1 saturated heterocycles. The van der Waals surface area contributed by atoms with E-state index in [9.17, 15) is 13.2 Å². The van der Waals surface area contributed by atoms with E-state index in [2.05, 4.69) is 5.32 Å². The number of hydrogen-bond donors (Lipinski definition) is 1. The number of nitrogens with one attached hydrogen (secondary N) is 1. The van der Waals surface area contributed by atoms with Crippen molar-refractivity contribution in [1.82, 2.24) is 5.32 Å². The lowest BCUT2D eigenvalue weighted by Crippen LogP contribution is -2.44. The maximum Gasteiger partial charge on any atom is 0.416 e. The van der Waals surface area contributed by atoms with Gasteiger partial charge in [-0.25, -0.2) is 0 Å². The third-order valence-corrected chi connectivity index (χ3v) is 3.57. The smallest absolute Gasteiger partial charge is 0.381 e. The molecule has 0 aromatic heterocycles. The van der Waals surface area contributed by atoms with Gasteiger partial charge in [0.1, 0.15) is 0 Å². The number of benzene rings is 1. The van der Waals surface area contributed by atoms with Gasteiger partial charge in [0, 0.05) is 18.8 Å². The van der Waals surface area contributed by atoms with Crippen molar-refractivity contribution in [1.29, 1.82) is 0 Å². The maximum absolute atomic E-state index is 12.7. The van der Waals surface area contributed by atoms with E-state index in [4.69, 9.17) is 4.74 Å². The first kappa shape index (κ1) is 13.4. The van der Waals surface area contributed by atoms with E-state index in [1.54, 1.807) is 13.1 Å². The van der Waals surface area contributed by atoms with Crippen molar-refractivity contribution in [2.24, 2.45) is 0 Å². The highest BCUT2D eigenvalue weighted by Gasteiger charge is 2.36. The molecular formula is C13H16F3NO. The summed E-state index contributed by atoms with van der Waals surface area (Å²) in [4.78, 5) is 0. The van der Waals surface area contributed by atoms with E-state index in [1.807, 2.05) is 0 Å². The molecule has 0 spiro atoms. The van der Waals surface area contributed by atoms with Crippen LogP contribution in [0.25, 0.3) is 0 Å². The maximum atomic E-state index is 12.7. The van der Waals surface area contributed by atoms with Crippen molar-refractivity contribution >= 4 is 0 Å². The zero-order valence-corrected chi connectivity index (χ0v) is 10.2. The predicted molar refractivity (Wildman–Crippen MR) is 62.2 cm³/mol. The molecule has 1 N–H and O–H groups in total. The molecule has 0 amide bonds. The Hall–Kier alpha value is -1.07. The van der Waals surface area contributed by atoms with Crippen LogP contribution in [-0.4, -0.2) is 20.3 Å². The molecule has 1 aliphatic heterocycles. The fourth-order valence-electron chi connectivity index (χ4n) is 2.40. The van der Waals surface area contributed by atoms with E-state index < -0.39 is 17.3 Å². The molecule has 1 aromatic carbocycles. The summed E-state index contributed by atoms with van der Waals surface area (Å²) in [5.74, 6) is 0. The van der Waals surface area contributed by atoms with Gasteiger partial charge in [0.25, 0.3) is 0 Å². The van der Waals surface area contributed by atoms with Crippen LogP contribution in [0.3, 0.4) is 0 Å². The van der Waals surface area contributed by atoms with Gasteiger partial charge in [0.15, 0.2) is 0 Å². The van der Waals surface area contributed by atoms with Crippen LogP contribution < -0.4 is 5.32 Å². The van der Waals surface area contributed by atoms with Crippen molar-refractivity contribution in [2.45, 2.75) is 24.6 Å². The van der Waals surface area contributed by atoms with E-state index in [0.29, 0.717) is 31.6 Å². The number of ether oxygens (including phenoxy) is 1. The summed E-state index contributed by atoms with van der Waals surface area (Å²) in [7, 11) is 1.78. The molecule has 5 heteroatoms. The summed E-state index contributed by atoms with van der Waals surface area (Å²) in [6, 6.07) is 5.55. The Morgan fingerprint density at radius 1 is 1.22 bits per heavy atom. The van der Waals surface area contributed by atoms with E-state index >= 15 is 0 Å².